The standard InChI is InChI=1S/C21H34N4O4S2/c1-3-23(4-2)19(26)17-22-10-7-11-24(14-13-22)21(27)18-8-5-12-25(16-18)31(28,29)20-9-6-15-30-20/h6,9,15,18H,3-5,7-8,10-14,16-17H2,1-2H3. The molecule has 2 aliphatic heterocycles. The Balaban J connectivity index is 1.57. The molecule has 1 aromatic rings. The van der Waals surface area contributed by atoms with E-state index in [0.29, 0.717) is 56.4 Å². The zero-order valence-corrected chi connectivity index (χ0v) is 20.2. The Morgan fingerprint density at radius 3 is 2.55 bits per heavy atom. The number of sulfonamides is 1. The summed E-state index contributed by atoms with van der Waals surface area (Å²) in [6, 6.07) is 3.35. The van der Waals surface area contributed by atoms with Gasteiger partial charge in [0.15, 0.2) is 0 Å². The summed E-state index contributed by atoms with van der Waals surface area (Å²) in [5.74, 6) is -0.123. The van der Waals surface area contributed by atoms with Gasteiger partial charge in [0.1, 0.15) is 4.21 Å². The van der Waals surface area contributed by atoms with Crippen LogP contribution in [0.15, 0.2) is 21.7 Å². The van der Waals surface area contributed by atoms with E-state index in [2.05, 4.69) is 4.90 Å². The topological polar surface area (TPSA) is 81.2 Å². The number of hydrogen-bond acceptors (Lipinski definition) is 6. The van der Waals surface area contributed by atoms with Gasteiger partial charge in [0, 0.05) is 52.4 Å². The average Bonchev–Trinajstić information content (AvgIpc) is 3.23. The number of thiophene rings is 1. The molecule has 3 rings (SSSR count). The monoisotopic (exact) mass is 470 g/mol. The van der Waals surface area contributed by atoms with Gasteiger partial charge in [0.05, 0.1) is 12.5 Å². The van der Waals surface area contributed by atoms with Crippen molar-refractivity contribution in [3.8, 4) is 0 Å². The minimum Gasteiger partial charge on any atom is -0.342 e. The molecule has 0 N–H and O–H groups in total. The van der Waals surface area contributed by atoms with E-state index in [1.165, 1.54) is 15.6 Å². The molecule has 8 nitrogen and oxygen atoms in total. The lowest BCUT2D eigenvalue weighted by Crippen LogP contribution is -2.47. The second-order valence-corrected chi connectivity index (χ2v) is 11.3. The van der Waals surface area contributed by atoms with Crippen LogP contribution in [0.1, 0.15) is 33.1 Å². The molecule has 1 unspecified atom stereocenters. The van der Waals surface area contributed by atoms with E-state index in [9.17, 15) is 18.0 Å². The molecule has 10 heteroatoms. The summed E-state index contributed by atoms with van der Waals surface area (Å²) < 4.78 is 27.5. The maximum absolute atomic E-state index is 13.2. The van der Waals surface area contributed by atoms with Gasteiger partial charge in [-0.1, -0.05) is 6.07 Å². The van der Waals surface area contributed by atoms with Crippen molar-refractivity contribution in [2.45, 2.75) is 37.3 Å². The third kappa shape index (κ3) is 5.85. The van der Waals surface area contributed by atoms with Crippen LogP contribution in [0.3, 0.4) is 0 Å². The van der Waals surface area contributed by atoms with E-state index < -0.39 is 10.0 Å². The lowest BCUT2D eigenvalue weighted by molar-refractivity contribution is -0.136. The van der Waals surface area contributed by atoms with Crippen LogP contribution in [0.5, 0.6) is 0 Å². The number of carbonyl (C=O) groups excluding carboxylic acids is 2. The molecule has 2 aliphatic rings. The molecule has 0 saturated carbocycles. The SMILES string of the molecule is CCN(CC)C(=O)CN1CCCN(C(=O)C2CCCN(S(=O)(=O)c3cccs3)C2)CC1. The van der Waals surface area contributed by atoms with Crippen molar-refractivity contribution in [2.24, 2.45) is 5.92 Å². The number of nitrogens with zero attached hydrogens (tertiary/aromatic N) is 4. The van der Waals surface area contributed by atoms with Crippen LogP contribution in [0.4, 0.5) is 0 Å². The molecule has 0 aromatic carbocycles. The first kappa shape index (κ1) is 24.2. The quantitative estimate of drug-likeness (QED) is 0.604. The Kier molecular flexibility index (Phi) is 8.49. The van der Waals surface area contributed by atoms with Gasteiger partial charge in [-0.15, -0.1) is 11.3 Å². The summed E-state index contributed by atoms with van der Waals surface area (Å²) >= 11 is 1.21. The van der Waals surface area contributed by atoms with Crippen molar-refractivity contribution >= 4 is 33.2 Å². The highest BCUT2D eigenvalue weighted by Gasteiger charge is 2.36. The van der Waals surface area contributed by atoms with Crippen LogP contribution in [0, 0.1) is 5.92 Å². The van der Waals surface area contributed by atoms with E-state index in [4.69, 9.17) is 0 Å². The van der Waals surface area contributed by atoms with E-state index >= 15 is 0 Å². The molecule has 31 heavy (non-hydrogen) atoms. The van der Waals surface area contributed by atoms with Crippen LogP contribution < -0.4 is 0 Å². The summed E-state index contributed by atoms with van der Waals surface area (Å²) in [5, 5.41) is 1.76. The molecule has 2 amide bonds. The predicted molar refractivity (Wildman–Crippen MR) is 121 cm³/mol. The summed E-state index contributed by atoms with van der Waals surface area (Å²) in [6.45, 7) is 9.18. The lowest BCUT2D eigenvalue weighted by Gasteiger charge is -2.33. The molecular formula is C21H34N4O4S2. The van der Waals surface area contributed by atoms with Gasteiger partial charge >= 0.3 is 0 Å². The molecule has 3 heterocycles. The van der Waals surface area contributed by atoms with Crippen molar-refractivity contribution in [3.63, 3.8) is 0 Å². The highest BCUT2D eigenvalue weighted by molar-refractivity contribution is 7.91. The highest BCUT2D eigenvalue weighted by Crippen LogP contribution is 2.27. The minimum absolute atomic E-state index is 0.0444. The number of carbonyl (C=O) groups is 2. The molecule has 174 valence electrons. The molecule has 0 spiro atoms. The summed E-state index contributed by atoms with van der Waals surface area (Å²) in [7, 11) is -3.53. The summed E-state index contributed by atoms with van der Waals surface area (Å²) in [4.78, 5) is 31.5. The van der Waals surface area contributed by atoms with E-state index in [0.717, 1.165) is 19.4 Å². The number of piperidine rings is 1. The Bertz CT molecular complexity index is 840. The number of hydrogen-bond donors (Lipinski definition) is 0. The lowest BCUT2D eigenvalue weighted by atomic mass is 9.98. The third-order valence-corrected chi connectivity index (χ3v) is 9.44. The van der Waals surface area contributed by atoms with Crippen molar-refractivity contribution < 1.29 is 18.0 Å². The van der Waals surface area contributed by atoms with Gasteiger partial charge < -0.3 is 9.80 Å². The van der Waals surface area contributed by atoms with Gasteiger partial charge in [-0.2, -0.15) is 4.31 Å². The van der Waals surface area contributed by atoms with E-state index in [-0.39, 0.29) is 24.3 Å². The van der Waals surface area contributed by atoms with E-state index in [1.54, 1.807) is 17.5 Å². The third-order valence-electron chi connectivity index (χ3n) is 6.20. The molecule has 0 aliphatic carbocycles. The molecule has 1 atom stereocenters. The first-order chi connectivity index (χ1) is 14.9. The number of rotatable bonds is 7. The second-order valence-electron chi connectivity index (χ2n) is 8.16. The first-order valence-corrected chi connectivity index (χ1v) is 13.5. The summed E-state index contributed by atoms with van der Waals surface area (Å²) in [5.41, 5.74) is 0. The molecule has 0 bridgehead atoms. The van der Waals surface area contributed by atoms with Crippen molar-refractivity contribution in [1.82, 2.24) is 19.0 Å². The summed E-state index contributed by atoms with van der Waals surface area (Å²) in [6.07, 6.45) is 2.23. The highest BCUT2D eigenvalue weighted by atomic mass is 32.2. The Morgan fingerprint density at radius 2 is 1.87 bits per heavy atom. The maximum Gasteiger partial charge on any atom is 0.252 e. The molecule has 2 saturated heterocycles. The van der Waals surface area contributed by atoms with Crippen molar-refractivity contribution in [2.75, 3.05) is 58.9 Å². The molecular weight excluding hydrogens is 436 g/mol. The van der Waals surface area contributed by atoms with Gasteiger partial charge in [0.25, 0.3) is 10.0 Å². The fourth-order valence-electron chi connectivity index (χ4n) is 4.38. The maximum atomic E-state index is 13.2. The molecule has 1 aromatic heterocycles. The van der Waals surface area contributed by atoms with Crippen LogP contribution in [0.25, 0.3) is 0 Å². The Labute approximate surface area is 189 Å². The Hall–Kier alpha value is -1.49. The molecule has 2 fully saturated rings. The van der Waals surface area contributed by atoms with Crippen molar-refractivity contribution in [1.29, 1.82) is 0 Å². The predicted octanol–water partition coefficient (Wildman–Crippen LogP) is 1.55. The normalized spacial score (nSPS) is 21.6. The minimum atomic E-state index is -3.53. The largest absolute Gasteiger partial charge is 0.342 e. The number of likely N-dealkylation sites (N-methyl/N-ethyl adjacent to an activating group) is 1. The fourth-order valence-corrected chi connectivity index (χ4v) is 7.04. The smallest absolute Gasteiger partial charge is 0.252 e. The second kappa shape index (κ2) is 10.9. The Morgan fingerprint density at radius 1 is 1.10 bits per heavy atom. The van der Waals surface area contributed by atoms with Crippen LogP contribution in [0.2, 0.25) is 0 Å². The number of amides is 2. The van der Waals surface area contributed by atoms with Crippen LogP contribution >= 0.6 is 11.3 Å². The van der Waals surface area contributed by atoms with Gasteiger partial charge in [-0.05, 0) is 44.6 Å². The molecule has 0 radical (unpaired) electrons. The van der Waals surface area contributed by atoms with Gasteiger partial charge in [-0.3, -0.25) is 14.5 Å². The van der Waals surface area contributed by atoms with Crippen molar-refractivity contribution in [3.05, 3.63) is 17.5 Å². The fraction of sp³-hybridized carbons (Fsp3) is 0.714. The van der Waals surface area contributed by atoms with Gasteiger partial charge in [-0.25, -0.2) is 8.42 Å². The first-order valence-electron chi connectivity index (χ1n) is 11.2. The zero-order valence-electron chi connectivity index (χ0n) is 18.5. The van der Waals surface area contributed by atoms with Crippen LogP contribution in [-0.4, -0.2) is 98.1 Å². The van der Waals surface area contributed by atoms with Gasteiger partial charge in [0.2, 0.25) is 11.8 Å². The van der Waals surface area contributed by atoms with Crippen LogP contribution in [-0.2, 0) is 19.6 Å². The zero-order chi connectivity index (χ0) is 22.4. The average molecular weight is 471 g/mol. The van der Waals surface area contributed by atoms with E-state index in [1.807, 2.05) is 23.6 Å².